The van der Waals surface area contributed by atoms with Crippen molar-refractivity contribution >= 4 is 23.4 Å². The summed E-state index contributed by atoms with van der Waals surface area (Å²) in [5, 5.41) is 2.71. The lowest BCUT2D eigenvalue weighted by molar-refractivity contribution is -0.115. The Morgan fingerprint density at radius 1 is 1.04 bits per heavy atom. The van der Waals surface area contributed by atoms with E-state index in [4.69, 9.17) is 4.42 Å². The molecule has 0 bridgehead atoms. The lowest BCUT2D eigenvalue weighted by Gasteiger charge is -2.16. The molecular formula is C20H19NO2S. The van der Waals surface area contributed by atoms with E-state index in [1.165, 1.54) is 5.56 Å². The summed E-state index contributed by atoms with van der Waals surface area (Å²) >= 11 is 1.56. The van der Waals surface area contributed by atoms with Gasteiger partial charge in [-0.15, -0.1) is 11.8 Å². The second-order valence-electron chi connectivity index (χ2n) is 5.54. The predicted octanol–water partition coefficient (Wildman–Crippen LogP) is 5.20. The average Bonchev–Trinajstić information content (AvgIpc) is 3.12. The Kier molecular flexibility index (Phi) is 5.39. The van der Waals surface area contributed by atoms with Crippen LogP contribution in [0.5, 0.6) is 0 Å². The fourth-order valence-corrected chi connectivity index (χ4v) is 3.41. The van der Waals surface area contributed by atoms with Crippen molar-refractivity contribution in [2.24, 2.45) is 0 Å². The van der Waals surface area contributed by atoms with E-state index >= 15 is 0 Å². The lowest BCUT2D eigenvalue weighted by Crippen LogP contribution is -2.19. The van der Waals surface area contributed by atoms with Crippen LogP contribution in [0.25, 0.3) is 0 Å². The third-order valence-corrected chi connectivity index (χ3v) is 4.90. The van der Waals surface area contributed by atoms with Gasteiger partial charge in [0.25, 0.3) is 0 Å². The van der Waals surface area contributed by atoms with Crippen LogP contribution in [0, 0.1) is 6.92 Å². The first kappa shape index (κ1) is 16.4. The van der Waals surface area contributed by atoms with Crippen molar-refractivity contribution in [1.82, 2.24) is 0 Å². The molecular weight excluding hydrogens is 318 g/mol. The molecule has 1 aromatic heterocycles. The molecule has 4 heteroatoms. The van der Waals surface area contributed by atoms with Crippen molar-refractivity contribution in [3.63, 3.8) is 0 Å². The largest absolute Gasteiger partial charge is 0.468 e. The molecule has 1 amide bonds. The number of benzene rings is 2. The summed E-state index contributed by atoms with van der Waals surface area (Å²) in [4.78, 5) is 12.8. The van der Waals surface area contributed by atoms with Gasteiger partial charge < -0.3 is 9.73 Å². The standard InChI is InChI=1S/C20H19NO2S/c1-15-9-11-17(12-10-15)21-20(22)19(16-6-3-2-4-7-16)24-14-18-8-5-13-23-18/h2-13,19H,14H2,1H3,(H,21,22). The molecule has 0 fully saturated rings. The molecule has 24 heavy (non-hydrogen) atoms. The van der Waals surface area contributed by atoms with Gasteiger partial charge in [-0.3, -0.25) is 4.79 Å². The normalized spacial score (nSPS) is 11.9. The summed E-state index contributed by atoms with van der Waals surface area (Å²) in [5.74, 6) is 1.49. The van der Waals surface area contributed by atoms with E-state index in [2.05, 4.69) is 5.32 Å². The highest BCUT2D eigenvalue weighted by Crippen LogP contribution is 2.33. The van der Waals surface area contributed by atoms with Crippen molar-refractivity contribution in [2.75, 3.05) is 5.32 Å². The number of nitrogens with one attached hydrogen (secondary N) is 1. The minimum absolute atomic E-state index is 0.0263. The summed E-state index contributed by atoms with van der Waals surface area (Å²) in [6.07, 6.45) is 1.65. The average molecular weight is 337 g/mol. The van der Waals surface area contributed by atoms with Crippen LogP contribution in [-0.4, -0.2) is 5.91 Å². The van der Waals surface area contributed by atoms with Gasteiger partial charge in [0.05, 0.1) is 12.0 Å². The first-order valence-electron chi connectivity index (χ1n) is 7.79. The van der Waals surface area contributed by atoms with E-state index in [1.54, 1.807) is 18.0 Å². The fourth-order valence-electron chi connectivity index (χ4n) is 2.36. The molecule has 0 aliphatic heterocycles. The Balaban J connectivity index is 1.75. The SMILES string of the molecule is Cc1ccc(NC(=O)C(SCc2ccco2)c2ccccc2)cc1. The zero-order valence-electron chi connectivity index (χ0n) is 13.4. The Bertz CT molecular complexity index is 767. The fraction of sp³-hybridized carbons (Fsp3) is 0.150. The summed E-state index contributed by atoms with van der Waals surface area (Å²) in [6.45, 7) is 2.03. The van der Waals surface area contributed by atoms with Gasteiger partial charge in [0.15, 0.2) is 0 Å². The number of hydrogen-bond donors (Lipinski definition) is 1. The van der Waals surface area contributed by atoms with Crippen molar-refractivity contribution in [3.05, 3.63) is 89.9 Å². The van der Waals surface area contributed by atoms with E-state index < -0.39 is 0 Å². The molecule has 122 valence electrons. The Morgan fingerprint density at radius 3 is 2.46 bits per heavy atom. The van der Waals surface area contributed by atoms with Crippen LogP contribution in [0.2, 0.25) is 0 Å². The number of carbonyl (C=O) groups is 1. The van der Waals surface area contributed by atoms with Crippen LogP contribution in [0.4, 0.5) is 5.69 Å². The van der Waals surface area contributed by atoms with Crippen LogP contribution in [0.3, 0.4) is 0 Å². The quantitative estimate of drug-likeness (QED) is 0.672. The molecule has 0 aliphatic carbocycles. The number of hydrogen-bond acceptors (Lipinski definition) is 3. The summed E-state index contributed by atoms with van der Waals surface area (Å²) in [7, 11) is 0. The minimum Gasteiger partial charge on any atom is -0.468 e. The van der Waals surface area contributed by atoms with E-state index in [-0.39, 0.29) is 11.2 Å². The van der Waals surface area contributed by atoms with Gasteiger partial charge in [0, 0.05) is 5.69 Å². The molecule has 0 spiro atoms. The van der Waals surface area contributed by atoms with Gasteiger partial charge in [-0.05, 0) is 36.8 Å². The number of carbonyl (C=O) groups excluding carboxylic acids is 1. The number of amides is 1. The molecule has 0 aliphatic rings. The monoisotopic (exact) mass is 337 g/mol. The first-order chi connectivity index (χ1) is 11.7. The molecule has 1 atom stereocenters. The van der Waals surface area contributed by atoms with Crippen LogP contribution in [0.1, 0.15) is 22.1 Å². The van der Waals surface area contributed by atoms with Gasteiger partial charge in [0.1, 0.15) is 11.0 Å². The third-order valence-electron chi connectivity index (χ3n) is 3.63. The Labute approximate surface area is 146 Å². The van der Waals surface area contributed by atoms with Crippen molar-refractivity contribution in [3.8, 4) is 0 Å². The maximum atomic E-state index is 12.8. The van der Waals surface area contributed by atoms with Crippen LogP contribution in [-0.2, 0) is 10.5 Å². The van der Waals surface area contributed by atoms with E-state index in [1.807, 2.05) is 73.7 Å². The van der Waals surface area contributed by atoms with Gasteiger partial charge in [0.2, 0.25) is 5.91 Å². The highest BCUT2D eigenvalue weighted by Gasteiger charge is 2.21. The number of thioether (sulfide) groups is 1. The van der Waals surface area contributed by atoms with Crippen molar-refractivity contribution < 1.29 is 9.21 Å². The maximum absolute atomic E-state index is 12.8. The molecule has 3 aromatic rings. The van der Waals surface area contributed by atoms with Crippen molar-refractivity contribution in [2.45, 2.75) is 17.9 Å². The molecule has 0 radical (unpaired) electrons. The lowest BCUT2D eigenvalue weighted by atomic mass is 10.1. The van der Waals surface area contributed by atoms with E-state index in [0.717, 1.165) is 17.0 Å². The second-order valence-corrected chi connectivity index (χ2v) is 6.63. The van der Waals surface area contributed by atoms with Crippen LogP contribution >= 0.6 is 11.8 Å². The third kappa shape index (κ3) is 4.30. The van der Waals surface area contributed by atoms with Crippen LogP contribution in [0.15, 0.2) is 77.4 Å². The molecule has 1 heterocycles. The topological polar surface area (TPSA) is 42.2 Å². The van der Waals surface area contributed by atoms with Gasteiger partial charge >= 0.3 is 0 Å². The number of furan rings is 1. The predicted molar refractivity (Wildman–Crippen MR) is 99.0 cm³/mol. The smallest absolute Gasteiger partial charge is 0.242 e. The number of rotatable bonds is 6. The molecule has 1 unspecified atom stereocenters. The second kappa shape index (κ2) is 7.88. The summed E-state index contributed by atoms with van der Waals surface area (Å²) < 4.78 is 5.38. The van der Waals surface area contributed by atoms with Gasteiger partial charge in [-0.1, -0.05) is 48.0 Å². The highest BCUT2D eigenvalue weighted by atomic mass is 32.2. The van der Waals surface area contributed by atoms with Gasteiger partial charge in [-0.25, -0.2) is 0 Å². The van der Waals surface area contributed by atoms with Gasteiger partial charge in [-0.2, -0.15) is 0 Å². The molecule has 0 saturated carbocycles. The molecule has 3 nitrogen and oxygen atoms in total. The maximum Gasteiger partial charge on any atom is 0.242 e. The summed E-state index contributed by atoms with van der Waals surface area (Å²) in [6, 6.07) is 21.4. The zero-order valence-corrected chi connectivity index (χ0v) is 14.3. The minimum atomic E-state index is -0.294. The molecule has 3 rings (SSSR count). The van der Waals surface area contributed by atoms with Crippen molar-refractivity contribution in [1.29, 1.82) is 0 Å². The molecule has 1 N–H and O–H groups in total. The first-order valence-corrected chi connectivity index (χ1v) is 8.84. The molecule has 0 saturated heterocycles. The van der Waals surface area contributed by atoms with E-state index in [9.17, 15) is 4.79 Å². The molecule has 2 aromatic carbocycles. The number of anilines is 1. The Morgan fingerprint density at radius 2 is 1.79 bits per heavy atom. The number of aryl methyl sites for hydroxylation is 1. The van der Waals surface area contributed by atoms with E-state index in [0.29, 0.717) is 5.75 Å². The zero-order chi connectivity index (χ0) is 16.8. The van der Waals surface area contributed by atoms with Crippen LogP contribution < -0.4 is 5.32 Å². The highest BCUT2D eigenvalue weighted by molar-refractivity contribution is 7.99. The summed E-state index contributed by atoms with van der Waals surface area (Å²) in [5.41, 5.74) is 2.96. The Hall–Kier alpha value is -2.46.